The molecule has 1 saturated heterocycles. The van der Waals surface area contributed by atoms with Gasteiger partial charge in [0.2, 0.25) is 5.88 Å². The van der Waals surface area contributed by atoms with Gasteiger partial charge in [0.25, 0.3) is 0 Å². The Hall–Kier alpha value is -1.08. The number of aromatic nitrogens is 1. The van der Waals surface area contributed by atoms with E-state index in [-0.39, 0.29) is 12.8 Å². The average Bonchev–Trinajstić information content (AvgIpc) is 2.53. The fourth-order valence-electron chi connectivity index (χ4n) is 2.39. The summed E-state index contributed by atoms with van der Waals surface area (Å²) >= 11 is 3.31. The maximum atomic E-state index is 12.9. The van der Waals surface area contributed by atoms with Gasteiger partial charge in [-0.15, -0.1) is 0 Å². The molecule has 122 valence electrons. The van der Waals surface area contributed by atoms with Crippen LogP contribution >= 0.6 is 15.9 Å². The molecule has 22 heavy (non-hydrogen) atoms. The van der Waals surface area contributed by atoms with E-state index >= 15 is 0 Å². The summed E-state index contributed by atoms with van der Waals surface area (Å²) in [6.45, 7) is 2.37. The van der Waals surface area contributed by atoms with Crippen molar-refractivity contribution in [2.75, 3.05) is 26.2 Å². The number of carbonyl (C=O) groups is 1. The van der Waals surface area contributed by atoms with E-state index in [4.69, 9.17) is 4.74 Å². The summed E-state index contributed by atoms with van der Waals surface area (Å²) in [6, 6.07) is 3.68. The second-order valence-corrected chi connectivity index (χ2v) is 6.46. The number of ether oxygens (including phenoxy) is 1. The summed E-state index contributed by atoms with van der Waals surface area (Å²) in [6.07, 6.45) is 2.83. The zero-order valence-electron chi connectivity index (χ0n) is 12.2. The molecule has 1 aliphatic heterocycles. The predicted molar refractivity (Wildman–Crippen MR) is 82.2 cm³/mol. The molecular formula is C15H19BrF2N2O2. The Bertz CT molecular complexity index is 477. The van der Waals surface area contributed by atoms with Gasteiger partial charge in [-0.1, -0.05) is 0 Å². The second-order valence-electron chi connectivity index (χ2n) is 5.54. The Morgan fingerprint density at radius 1 is 1.41 bits per heavy atom. The van der Waals surface area contributed by atoms with Crippen molar-refractivity contribution < 1.29 is 18.3 Å². The molecule has 2 heterocycles. The predicted octanol–water partition coefficient (Wildman–Crippen LogP) is 3.16. The number of piperidine rings is 1. The van der Waals surface area contributed by atoms with Crippen molar-refractivity contribution in [1.29, 1.82) is 0 Å². The molecule has 2 rings (SSSR count). The van der Waals surface area contributed by atoms with E-state index in [1.54, 1.807) is 12.3 Å². The maximum Gasteiger partial charge on any atom is 0.303 e. The molecule has 0 saturated carbocycles. The third-order valence-corrected chi connectivity index (χ3v) is 4.28. The number of rotatable bonds is 7. The van der Waals surface area contributed by atoms with E-state index in [9.17, 15) is 13.6 Å². The van der Waals surface area contributed by atoms with Crippen LogP contribution in [0, 0.1) is 5.92 Å². The molecule has 0 bridgehead atoms. The first-order valence-corrected chi connectivity index (χ1v) is 8.09. The number of pyridine rings is 1. The molecule has 0 aromatic carbocycles. The van der Waals surface area contributed by atoms with E-state index in [1.807, 2.05) is 11.0 Å². The van der Waals surface area contributed by atoms with Crippen LogP contribution in [0.4, 0.5) is 8.78 Å². The molecule has 0 amide bonds. The summed E-state index contributed by atoms with van der Waals surface area (Å²) in [4.78, 5) is 16.3. The van der Waals surface area contributed by atoms with Crippen molar-refractivity contribution in [3.05, 3.63) is 22.8 Å². The minimum Gasteiger partial charge on any atom is -0.477 e. The van der Waals surface area contributed by atoms with Crippen LogP contribution in [0.1, 0.15) is 19.3 Å². The molecule has 0 spiro atoms. The molecule has 0 aliphatic carbocycles. The summed E-state index contributed by atoms with van der Waals surface area (Å²) in [5.41, 5.74) is 0. The summed E-state index contributed by atoms with van der Waals surface area (Å²) in [5, 5.41) is 0. The zero-order chi connectivity index (χ0) is 16.0. The Kier molecular flexibility index (Phi) is 6.26. The molecule has 4 nitrogen and oxygen atoms in total. The lowest BCUT2D eigenvalue weighted by atomic mass is 9.97. The first-order valence-electron chi connectivity index (χ1n) is 7.29. The van der Waals surface area contributed by atoms with Crippen molar-refractivity contribution >= 4 is 22.2 Å². The fraction of sp³-hybridized carbons (Fsp3) is 0.600. The van der Waals surface area contributed by atoms with Gasteiger partial charge >= 0.3 is 5.92 Å². The SMILES string of the molecule is O=CC(F)(F)CCN1CCC(COc2ccc(Br)cn2)CC1. The quantitative estimate of drug-likeness (QED) is 0.685. The molecule has 0 N–H and O–H groups in total. The van der Waals surface area contributed by atoms with Crippen LogP contribution in [0.5, 0.6) is 5.88 Å². The Morgan fingerprint density at radius 3 is 2.73 bits per heavy atom. The molecule has 0 atom stereocenters. The molecule has 1 aromatic heterocycles. The Morgan fingerprint density at radius 2 is 2.14 bits per heavy atom. The highest BCUT2D eigenvalue weighted by atomic mass is 79.9. The van der Waals surface area contributed by atoms with Gasteiger partial charge in [-0.2, -0.15) is 8.78 Å². The number of likely N-dealkylation sites (tertiary alicyclic amines) is 1. The Balaban J connectivity index is 1.66. The maximum absolute atomic E-state index is 12.9. The van der Waals surface area contributed by atoms with Gasteiger partial charge in [0.15, 0.2) is 6.29 Å². The standard InChI is InChI=1S/C15H19BrF2N2O2/c16-13-1-2-14(19-9-13)22-10-12-3-6-20(7-4-12)8-5-15(17,18)11-21/h1-2,9,11-12H,3-8,10H2. The summed E-state index contributed by atoms with van der Waals surface area (Å²) in [7, 11) is 0. The molecule has 0 unspecified atom stereocenters. The number of hydrogen-bond acceptors (Lipinski definition) is 4. The van der Waals surface area contributed by atoms with Crippen LogP contribution in [-0.4, -0.2) is 48.3 Å². The fourth-order valence-corrected chi connectivity index (χ4v) is 2.63. The van der Waals surface area contributed by atoms with E-state index in [2.05, 4.69) is 20.9 Å². The van der Waals surface area contributed by atoms with Gasteiger partial charge in [0.1, 0.15) is 0 Å². The van der Waals surface area contributed by atoms with Crippen LogP contribution in [0.25, 0.3) is 0 Å². The van der Waals surface area contributed by atoms with Crippen LogP contribution < -0.4 is 4.74 Å². The largest absolute Gasteiger partial charge is 0.477 e. The highest BCUT2D eigenvalue weighted by Crippen LogP contribution is 2.21. The highest BCUT2D eigenvalue weighted by Gasteiger charge is 2.29. The number of carbonyl (C=O) groups excluding carboxylic acids is 1. The van der Waals surface area contributed by atoms with Gasteiger partial charge in [0, 0.05) is 29.7 Å². The molecule has 1 aromatic rings. The minimum atomic E-state index is -3.20. The summed E-state index contributed by atoms with van der Waals surface area (Å²) in [5.74, 6) is -2.20. The molecule has 1 aliphatic rings. The lowest BCUT2D eigenvalue weighted by Gasteiger charge is -2.32. The molecule has 1 fully saturated rings. The van der Waals surface area contributed by atoms with Crippen molar-refractivity contribution in [1.82, 2.24) is 9.88 Å². The van der Waals surface area contributed by atoms with Crippen LogP contribution in [-0.2, 0) is 4.79 Å². The third kappa shape index (κ3) is 5.61. The normalized spacial score (nSPS) is 17.4. The summed E-state index contributed by atoms with van der Waals surface area (Å²) < 4.78 is 32.3. The minimum absolute atomic E-state index is 0.258. The van der Waals surface area contributed by atoms with E-state index in [1.165, 1.54) is 0 Å². The van der Waals surface area contributed by atoms with E-state index < -0.39 is 12.3 Å². The van der Waals surface area contributed by atoms with Crippen molar-refractivity contribution in [2.45, 2.75) is 25.2 Å². The second kappa shape index (κ2) is 7.97. The van der Waals surface area contributed by atoms with Crippen molar-refractivity contribution in [3.63, 3.8) is 0 Å². The number of alkyl halides is 2. The smallest absolute Gasteiger partial charge is 0.303 e. The van der Waals surface area contributed by atoms with E-state index in [0.717, 1.165) is 30.4 Å². The van der Waals surface area contributed by atoms with Gasteiger partial charge in [-0.05, 0) is 53.8 Å². The number of nitrogens with zero attached hydrogens (tertiary/aromatic N) is 2. The van der Waals surface area contributed by atoms with Crippen LogP contribution in [0.2, 0.25) is 0 Å². The van der Waals surface area contributed by atoms with Crippen LogP contribution in [0.15, 0.2) is 22.8 Å². The molecule has 7 heteroatoms. The molecular weight excluding hydrogens is 358 g/mol. The monoisotopic (exact) mass is 376 g/mol. The van der Waals surface area contributed by atoms with Gasteiger partial charge < -0.3 is 9.64 Å². The van der Waals surface area contributed by atoms with E-state index in [0.29, 0.717) is 18.4 Å². The first-order chi connectivity index (χ1) is 10.5. The topological polar surface area (TPSA) is 42.4 Å². The van der Waals surface area contributed by atoms with Gasteiger partial charge in [-0.3, -0.25) is 4.79 Å². The number of halogens is 3. The van der Waals surface area contributed by atoms with Crippen LogP contribution in [0.3, 0.4) is 0 Å². The lowest BCUT2D eigenvalue weighted by Crippen LogP contribution is -2.38. The number of aldehydes is 1. The van der Waals surface area contributed by atoms with Gasteiger partial charge in [0.05, 0.1) is 6.61 Å². The van der Waals surface area contributed by atoms with Gasteiger partial charge in [-0.25, -0.2) is 4.98 Å². The highest BCUT2D eigenvalue weighted by molar-refractivity contribution is 9.10. The third-order valence-electron chi connectivity index (χ3n) is 3.81. The zero-order valence-corrected chi connectivity index (χ0v) is 13.8. The Labute approximate surface area is 137 Å². The van der Waals surface area contributed by atoms with Crippen molar-refractivity contribution in [3.8, 4) is 5.88 Å². The average molecular weight is 377 g/mol. The van der Waals surface area contributed by atoms with Crippen molar-refractivity contribution in [2.24, 2.45) is 5.92 Å². The lowest BCUT2D eigenvalue weighted by molar-refractivity contribution is -0.130. The molecule has 0 radical (unpaired) electrons. The number of hydrogen-bond donors (Lipinski definition) is 0. The first kappa shape index (κ1) is 17.3.